The van der Waals surface area contributed by atoms with Gasteiger partial charge in [-0.05, 0) is 51.8 Å². The maximum atomic E-state index is 12.7. The van der Waals surface area contributed by atoms with Crippen LogP contribution < -0.4 is 5.32 Å². The van der Waals surface area contributed by atoms with E-state index in [1.165, 1.54) is 12.8 Å². The van der Waals surface area contributed by atoms with E-state index in [0.29, 0.717) is 23.2 Å². The Bertz CT molecular complexity index is 707. The van der Waals surface area contributed by atoms with Crippen molar-refractivity contribution < 1.29 is 9.21 Å². The van der Waals surface area contributed by atoms with Gasteiger partial charge in [-0.3, -0.25) is 4.79 Å². The topological polar surface area (TPSA) is 45.5 Å². The summed E-state index contributed by atoms with van der Waals surface area (Å²) in [5.74, 6) is 0.835. The third-order valence-electron chi connectivity index (χ3n) is 5.35. The van der Waals surface area contributed by atoms with Crippen molar-refractivity contribution in [1.29, 1.82) is 0 Å². The molecule has 1 aromatic heterocycles. The van der Waals surface area contributed by atoms with Crippen molar-refractivity contribution in [3.63, 3.8) is 0 Å². The summed E-state index contributed by atoms with van der Waals surface area (Å²) in [6, 6.07) is 9.28. The maximum absolute atomic E-state index is 12.7. The fraction of sp³-hybridized carbons (Fsp3) is 0.500. The van der Waals surface area contributed by atoms with Gasteiger partial charge >= 0.3 is 0 Å². The van der Waals surface area contributed by atoms with Gasteiger partial charge in [-0.25, -0.2) is 0 Å². The first-order valence-electron chi connectivity index (χ1n) is 8.14. The standard InChI is InChI=1S/C18H22N2O2/c1-11-8-12-4-3-5-16(17(12)22-11)18(21)19-13-9-14-6-7-15(10-13)20(14)2/h3-5,8,13-15H,6-7,9-10H2,1-2H3,(H,19,21). The van der Waals surface area contributed by atoms with Crippen LogP contribution in [0.4, 0.5) is 0 Å². The molecule has 2 aliphatic heterocycles. The highest BCUT2D eigenvalue weighted by atomic mass is 16.3. The summed E-state index contributed by atoms with van der Waals surface area (Å²) in [5, 5.41) is 4.23. The number of aryl methyl sites for hydroxylation is 1. The van der Waals surface area contributed by atoms with Gasteiger partial charge in [0.2, 0.25) is 0 Å². The van der Waals surface area contributed by atoms with Crippen LogP contribution in [0, 0.1) is 6.92 Å². The molecule has 0 aliphatic carbocycles. The molecule has 4 nitrogen and oxygen atoms in total. The van der Waals surface area contributed by atoms with E-state index in [9.17, 15) is 4.79 Å². The summed E-state index contributed by atoms with van der Waals surface area (Å²) >= 11 is 0. The van der Waals surface area contributed by atoms with Crippen LogP contribution in [0.25, 0.3) is 11.0 Å². The van der Waals surface area contributed by atoms with Gasteiger partial charge in [-0.15, -0.1) is 0 Å². The lowest BCUT2D eigenvalue weighted by molar-refractivity contribution is 0.0883. The monoisotopic (exact) mass is 298 g/mol. The largest absolute Gasteiger partial charge is 0.461 e. The van der Waals surface area contributed by atoms with E-state index in [2.05, 4.69) is 17.3 Å². The minimum absolute atomic E-state index is 0.00565. The van der Waals surface area contributed by atoms with Crippen molar-refractivity contribution in [2.24, 2.45) is 0 Å². The molecule has 2 aliphatic rings. The second-order valence-electron chi connectivity index (χ2n) is 6.77. The third kappa shape index (κ3) is 2.22. The fourth-order valence-corrected chi connectivity index (χ4v) is 4.16. The maximum Gasteiger partial charge on any atom is 0.255 e. The molecule has 2 fully saturated rings. The van der Waals surface area contributed by atoms with E-state index in [0.717, 1.165) is 24.0 Å². The predicted molar refractivity (Wildman–Crippen MR) is 86.0 cm³/mol. The van der Waals surface area contributed by atoms with Crippen molar-refractivity contribution >= 4 is 16.9 Å². The third-order valence-corrected chi connectivity index (χ3v) is 5.35. The van der Waals surface area contributed by atoms with Crippen LogP contribution >= 0.6 is 0 Å². The minimum Gasteiger partial charge on any atom is -0.461 e. The molecule has 2 atom stereocenters. The number of nitrogens with one attached hydrogen (secondary N) is 1. The molecular weight excluding hydrogens is 276 g/mol. The second-order valence-corrected chi connectivity index (χ2v) is 6.77. The summed E-state index contributed by atoms with van der Waals surface area (Å²) in [4.78, 5) is 15.2. The first-order valence-corrected chi connectivity index (χ1v) is 8.14. The highest BCUT2D eigenvalue weighted by Crippen LogP contribution is 2.34. The van der Waals surface area contributed by atoms with Gasteiger partial charge in [-0.2, -0.15) is 0 Å². The number of amides is 1. The van der Waals surface area contributed by atoms with E-state index in [4.69, 9.17) is 4.42 Å². The Hall–Kier alpha value is -1.81. The second kappa shape index (κ2) is 5.13. The Kier molecular flexibility index (Phi) is 3.22. The minimum atomic E-state index is -0.00565. The number of nitrogens with zero attached hydrogens (tertiary/aromatic N) is 1. The number of benzene rings is 1. The van der Waals surface area contributed by atoms with Gasteiger partial charge < -0.3 is 14.6 Å². The normalized spacial score (nSPS) is 28.2. The molecule has 0 saturated carbocycles. The van der Waals surface area contributed by atoms with E-state index >= 15 is 0 Å². The Morgan fingerprint density at radius 2 is 2.00 bits per heavy atom. The lowest BCUT2D eigenvalue weighted by atomic mass is 9.97. The smallest absolute Gasteiger partial charge is 0.255 e. The number of fused-ring (bicyclic) bond motifs is 3. The number of hydrogen-bond donors (Lipinski definition) is 1. The number of carbonyl (C=O) groups excluding carboxylic acids is 1. The first kappa shape index (κ1) is 13.8. The van der Waals surface area contributed by atoms with Crippen LogP contribution in [0.15, 0.2) is 28.7 Å². The van der Waals surface area contributed by atoms with Gasteiger partial charge in [0, 0.05) is 23.5 Å². The average Bonchev–Trinajstić information content (AvgIpc) is 2.94. The molecule has 2 aromatic rings. The van der Waals surface area contributed by atoms with Crippen molar-refractivity contribution in [2.45, 2.75) is 50.7 Å². The lowest BCUT2D eigenvalue weighted by Crippen LogP contribution is -2.48. The lowest BCUT2D eigenvalue weighted by Gasteiger charge is -2.36. The van der Waals surface area contributed by atoms with Gasteiger partial charge in [-0.1, -0.05) is 12.1 Å². The van der Waals surface area contributed by atoms with E-state index in [1.54, 1.807) is 0 Å². The Balaban J connectivity index is 1.54. The number of hydrogen-bond acceptors (Lipinski definition) is 3. The van der Waals surface area contributed by atoms with Crippen LogP contribution in [0.5, 0.6) is 0 Å². The summed E-state index contributed by atoms with van der Waals surface area (Å²) in [6.45, 7) is 1.91. The zero-order chi connectivity index (χ0) is 15.3. The number of piperidine rings is 1. The quantitative estimate of drug-likeness (QED) is 0.926. The van der Waals surface area contributed by atoms with Gasteiger partial charge in [0.05, 0.1) is 5.56 Å². The summed E-state index contributed by atoms with van der Waals surface area (Å²) in [7, 11) is 2.22. The predicted octanol–water partition coefficient (Wildman–Crippen LogP) is 3.10. The van der Waals surface area contributed by atoms with E-state index in [-0.39, 0.29) is 11.9 Å². The summed E-state index contributed by atoms with van der Waals surface area (Å²) < 4.78 is 5.71. The average molecular weight is 298 g/mol. The highest BCUT2D eigenvalue weighted by molar-refractivity contribution is 6.05. The Labute approximate surface area is 130 Å². The van der Waals surface area contributed by atoms with E-state index < -0.39 is 0 Å². The SMILES string of the molecule is Cc1cc2cccc(C(=O)NC3CC4CCC(C3)N4C)c2o1. The molecule has 0 radical (unpaired) electrons. The summed E-state index contributed by atoms with van der Waals surface area (Å²) in [6.07, 6.45) is 4.65. The molecule has 2 unspecified atom stereocenters. The molecule has 4 rings (SSSR count). The van der Waals surface area contributed by atoms with Crippen LogP contribution in [-0.4, -0.2) is 36.0 Å². The Morgan fingerprint density at radius 3 is 2.73 bits per heavy atom. The van der Waals surface area contributed by atoms with Crippen molar-refractivity contribution in [1.82, 2.24) is 10.2 Å². The molecule has 1 N–H and O–H groups in total. The molecule has 4 heteroatoms. The highest BCUT2D eigenvalue weighted by Gasteiger charge is 2.38. The van der Waals surface area contributed by atoms with Crippen molar-refractivity contribution in [2.75, 3.05) is 7.05 Å². The van der Waals surface area contributed by atoms with E-state index in [1.807, 2.05) is 31.2 Å². The molecule has 22 heavy (non-hydrogen) atoms. The van der Waals surface area contributed by atoms with Crippen LogP contribution in [0.3, 0.4) is 0 Å². The summed E-state index contributed by atoms with van der Waals surface area (Å²) in [5.41, 5.74) is 1.35. The van der Waals surface area contributed by atoms with Crippen molar-refractivity contribution in [3.05, 3.63) is 35.6 Å². The van der Waals surface area contributed by atoms with Gasteiger partial charge in [0.25, 0.3) is 5.91 Å². The van der Waals surface area contributed by atoms with Crippen LogP contribution in [0.2, 0.25) is 0 Å². The molecule has 1 aromatic carbocycles. The molecule has 2 saturated heterocycles. The van der Waals surface area contributed by atoms with Gasteiger partial charge in [0.15, 0.2) is 0 Å². The number of rotatable bonds is 2. The molecule has 3 heterocycles. The van der Waals surface area contributed by atoms with Crippen LogP contribution in [-0.2, 0) is 0 Å². The number of para-hydroxylation sites is 1. The Morgan fingerprint density at radius 1 is 1.27 bits per heavy atom. The van der Waals surface area contributed by atoms with Gasteiger partial charge in [0.1, 0.15) is 11.3 Å². The molecule has 116 valence electrons. The molecule has 1 amide bonds. The molecule has 2 bridgehead atoms. The zero-order valence-electron chi connectivity index (χ0n) is 13.1. The molecular formula is C18H22N2O2. The zero-order valence-corrected chi connectivity index (χ0v) is 13.1. The number of carbonyl (C=O) groups is 1. The van der Waals surface area contributed by atoms with Crippen molar-refractivity contribution in [3.8, 4) is 0 Å². The fourth-order valence-electron chi connectivity index (χ4n) is 4.16. The van der Waals surface area contributed by atoms with Crippen LogP contribution in [0.1, 0.15) is 41.8 Å². The first-order chi connectivity index (χ1) is 10.6. The molecule has 0 spiro atoms. The number of furan rings is 1.